The van der Waals surface area contributed by atoms with Gasteiger partial charge in [-0.25, -0.2) is 0 Å². The average molecular weight is 194 g/mol. The number of rotatable bonds is 2. The molecule has 0 spiro atoms. The summed E-state index contributed by atoms with van der Waals surface area (Å²) in [6, 6.07) is 3.67. The van der Waals surface area contributed by atoms with E-state index in [2.05, 4.69) is 4.98 Å². The van der Waals surface area contributed by atoms with Crippen molar-refractivity contribution in [1.29, 1.82) is 0 Å². The Kier molecular flexibility index (Phi) is 3.11. The standard InChI is InChI=1S/C11H18N2O/c1-8(12)10-7-9(5-6-13-10)14-11(2,3)4/h5-8H,12H2,1-4H3. The van der Waals surface area contributed by atoms with Crippen LogP contribution < -0.4 is 10.5 Å². The first kappa shape index (κ1) is 11.0. The van der Waals surface area contributed by atoms with Crippen molar-refractivity contribution in [2.45, 2.75) is 39.3 Å². The van der Waals surface area contributed by atoms with Crippen molar-refractivity contribution in [1.82, 2.24) is 4.98 Å². The summed E-state index contributed by atoms with van der Waals surface area (Å²) in [5.74, 6) is 0.819. The van der Waals surface area contributed by atoms with Crippen LogP contribution in [0.5, 0.6) is 5.75 Å². The van der Waals surface area contributed by atoms with Gasteiger partial charge in [-0.1, -0.05) is 0 Å². The lowest BCUT2D eigenvalue weighted by Crippen LogP contribution is -2.23. The SMILES string of the molecule is CC(N)c1cc(OC(C)(C)C)ccn1. The smallest absolute Gasteiger partial charge is 0.123 e. The molecule has 0 aliphatic carbocycles. The maximum Gasteiger partial charge on any atom is 0.123 e. The fraction of sp³-hybridized carbons (Fsp3) is 0.545. The summed E-state index contributed by atoms with van der Waals surface area (Å²) in [7, 11) is 0. The molecule has 0 aliphatic heterocycles. The second kappa shape index (κ2) is 3.96. The highest BCUT2D eigenvalue weighted by molar-refractivity contribution is 5.24. The number of hydrogen-bond donors (Lipinski definition) is 1. The van der Waals surface area contributed by atoms with Gasteiger partial charge in [-0.2, -0.15) is 0 Å². The number of pyridine rings is 1. The average Bonchev–Trinajstić information content (AvgIpc) is 2.01. The quantitative estimate of drug-likeness (QED) is 0.785. The molecule has 0 amide bonds. The second-order valence-electron chi connectivity index (χ2n) is 4.42. The Bertz CT molecular complexity index is 302. The summed E-state index contributed by atoms with van der Waals surface area (Å²) >= 11 is 0. The summed E-state index contributed by atoms with van der Waals surface area (Å²) in [6.45, 7) is 7.94. The number of hydrogen-bond acceptors (Lipinski definition) is 3. The summed E-state index contributed by atoms with van der Waals surface area (Å²) in [4.78, 5) is 4.16. The molecule has 0 aromatic carbocycles. The van der Waals surface area contributed by atoms with Crippen molar-refractivity contribution in [2.75, 3.05) is 0 Å². The molecule has 1 rings (SSSR count). The molecule has 3 heteroatoms. The lowest BCUT2D eigenvalue weighted by atomic mass is 10.2. The van der Waals surface area contributed by atoms with E-state index < -0.39 is 0 Å². The Labute approximate surface area is 85.3 Å². The fourth-order valence-corrected chi connectivity index (χ4v) is 1.09. The van der Waals surface area contributed by atoms with E-state index >= 15 is 0 Å². The zero-order chi connectivity index (χ0) is 10.8. The van der Waals surface area contributed by atoms with Crippen molar-refractivity contribution >= 4 is 0 Å². The Balaban J connectivity index is 2.84. The predicted octanol–water partition coefficient (Wildman–Crippen LogP) is 2.28. The van der Waals surface area contributed by atoms with E-state index in [4.69, 9.17) is 10.5 Å². The van der Waals surface area contributed by atoms with Crippen molar-refractivity contribution in [3.05, 3.63) is 24.0 Å². The van der Waals surface area contributed by atoms with Crippen LogP contribution in [0.4, 0.5) is 0 Å². The van der Waals surface area contributed by atoms with Gasteiger partial charge in [0.05, 0.1) is 5.69 Å². The zero-order valence-electron chi connectivity index (χ0n) is 9.24. The third kappa shape index (κ3) is 3.34. The van der Waals surface area contributed by atoms with Gasteiger partial charge < -0.3 is 10.5 Å². The van der Waals surface area contributed by atoms with Crippen LogP contribution in [0.2, 0.25) is 0 Å². The Morgan fingerprint density at radius 2 is 2.07 bits per heavy atom. The molecule has 1 aromatic heterocycles. The number of aromatic nitrogens is 1. The summed E-state index contributed by atoms with van der Waals surface area (Å²) in [5, 5.41) is 0. The largest absolute Gasteiger partial charge is 0.488 e. The molecule has 0 aliphatic rings. The third-order valence-corrected chi connectivity index (χ3v) is 1.64. The van der Waals surface area contributed by atoms with Gasteiger partial charge in [-0.15, -0.1) is 0 Å². The topological polar surface area (TPSA) is 48.1 Å². The van der Waals surface area contributed by atoms with E-state index in [0.717, 1.165) is 11.4 Å². The Morgan fingerprint density at radius 1 is 1.43 bits per heavy atom. The third-order valence-electron chi connectivity index (χ3n) is 1.64. The minimum absolute atomic E-state index is 0.0569. The van der Waals surface area contributed by atoms with Gasteiger partial charge in [0, 0.05) is 18.3 Å². The second-order valence-corrected chi connectivity index (χ2v) is 4.42. The highest BCUT2D eigenvalue weighted by Gasteiger charge is 2.12. The maximum atomic E-state index is 5.73. The maximum absolute atomic E-state index is 5.73. The molecule has 0 saturated carbocycles. The molecule has 3 nitrogen and oxygen atoms in total. The molecule has 0 fully saturated rings. The van der Waals surface area contributed by atoms with Gasteiger partial charge in [-0.05, 0) is 33.8 Å². The summed E-state index contributed by atoms with van der Waals surface area (Å²) in [5.41, 5.74) is 6.40. The molecular formula is C11H18N2O. The van der Waals surface area contributed by atoms with E-state index in [1.807, 2.05) is 39.8 Å². The molecule has 1 aromatic rings. The number of nitrogens with two attached hydrogens (primary N) is 1. The normalized spacial score (nSPS) is 13.8. The number of ether oxygens (including phenoxy) is 1. The molecular weight excluding hydrogens is 176 g/mol. The predicted molar refractivity (Wildman–Crippen MR) is 57.2 cm³/mol. The van der Waals surface area contributed by atoms with E-state index in [-0.39, 0.29) is 11.6 Å². The number of nitrogens with zero attached hydrogens (tertiary/aromatic N) is 1. The highest BCUT2D eigenvalue weighted by Crippen LogP contribution is 2.19. The van der Waals surface area contributed by atoms with Crippen molar-refractivity contribution in [3.8, 4) is 5.75 Å². The first-order valence-electron chi connectivity index (χ1n) is 4.79. The highest BCUT2D eigenvalue weighted by atomic mass is 16.5. The summed E-state index contributed by atoms with van der Waals surface area (Å²) < 4.78 is 5.70. The van der Waals surface area contributed by atoms with Crippen LogP contribution in [0.1, 0.15) is 39.4 Å². The van der Waals surface area contributed by atoms with E-state index in [1.54, 1.807) is 6.20 Å². The molecule has 1 atom stereocenters. The van der Waals surface area contributed by atoms with Gasteiger partial charge in [0.15, 0.2) is 0 Å². The van der Waals surface area contributed by atoms with E-state index in [0.29, 0.717) is 0 Å². The molecule has 0 saturated heterocycles. The molecule has 0 radical (unpaired) electrons. The lowest BCUT2D eigenvalue weighted by molar-refractivity contribution is 0.130. The van der Waals surface area contributed by atoms with E-state index in [9.17, 15) is 0 Å². The zero-order valence-corrected chi connectivity index (χ0v) is 9.24. The Morgan fingerprint density at radius 3 is 2.57 bits per heavy atom. The molecule has 0 bridgehead atoms. The van der Waals surface area contributed by atoms with Gasteiger partial charge >= 0.3 is 0 Å². The van der Waals surface area contributed by atoms with Gasteiger partial charge in [0.25, 0.3) is 0 Å². The lowest BCUT2D eigenvalue weighted by Gasteiger charge is -2.21. The van der Waals surface area contributed by atoms with E-state index in [1.165, 1.54) is 0 Å². The van der Waals surface area contributed by atoms with Gasteiger partial charge in [0.1, 0.15) is 11.4 Å². The minimum Gasteiger partial charge on any atom is -0.488 e. The van der Waals surface area contributed by atoms with Crippen LogP contribution in [-0.2, 0) is 0 Å². The van der Waals surface area contributed by atoms with Crippen LogP contribution in [0.15, 0.2) is 18.3 Å². The first-order valence-corrected chi connectivity index (χ1v) is 4.79. The van der Waals surface area contributed by atoms with Crippen molar-refractivity contribution < 1.29 is 4.74 Å². The molecule has 2 N–H and O–H groups in total. The van der Waals surface area contributed by atoms with Crippen LogP contribution in [0.3, 0.4) is 0 Å². The Hall–Kier alpha value is -1.09. The molecule has 78 valence electrons. The van der Waals surface area contributed by atoms with Crippen LogP contribution in [-0.4, -0.2) is 10.6 Å². The summed E-state index contributed by atoms with van der Waals surface area (Å²) in [6.07, 6.45) is 1.72. The van der Waals surface area contributed by atoms with Gasteiger partial charge in [-0.3, -0.25) is 4.98 Å². The fourth-order valence-electron chi connectivity index (χ4n) is 1.09. The van der Waals surface area contributed by atoms with Crippen LogP contribution >= 0.6 is 0 Å². The van der Waals surface area contributed by atoms with Gasteiger partial charge in [0.2, 0.25) is 0 Å². The van der Waals surface area contributed by atoms with Crippen molar-refractivity contribution in [2.24, 2.45) is 5.73 Å². The van der Waals surface area contributed by atoms with Crippen LogP contribution in [0, 0.1) is 0 Å². The molecule has 1 unspecified atom stereocenters. The molecule has 1 heterocycles. The first-order chi connectivity index (χ1) is 6.38. The van der Waals surface area contributed by atoms with Crippen LogP contribution in [0.25, 0.3) is 0 Å². The molecule has 14 heavy (non-hydrogen) atoms. The monoisotopic (exact) mass is 194 g/mol. The minimum atomic E-state index is -0.184. The van der Waals surface area contributed by atoms with Crippen molar-refractivity contribution in [3.63, 3.8) is 0 Å².